The molecule has 0 bridgehead atoms. The highest BCUT2D eigenvalue weighted by atomic mass is 32.2. The highest BCUT2D eigenvalue weighted by molar-refractivity contribution is 7.89. The summed E-state index contributed by atoms with van der Waals surface area (Å²) in [4.78, 5) is 2.36. The van der Waals surface area contributed by atoms with E-state index in [2.05, 4.69) is 5.10 Å². The van der Waals surface area contributed by atoms with Crippen LogP contribution in [0.5, 0.6) is 0 Å². The van der Waals surface area contributed by atoms with Gasteiger partial charge in [-0.2, -0.15) is 9.40 Å². The van der Waals surface area contributed by atoms with E-state index in [9.17, 15) is 8.42 Å². The molecule has 1 aromatic heterocycles. The molecule has 96 valence electrons. The topological polar surface area (TPSA) is 58.4 Å². The van der Waals surface area contributed by atoms with Crippen molar-refractivity contribution in [2.24, 2.45) is 7.05 Å². The summed E-state index contributed by atoms with van der Waals surface area (Å²) in [6.45, 7) is 2.84. The molecule has 0 unspecified atom stereocenters. The number of likely N-dealkylation sites (N-methyl/N-ethyl adjacent to an activating group) is 1. The SMILES string of the molecule is Cc1nn(C)cc1S(=O)(=O)N1CC(N(C)C)C1. The van der Waals surface area contributed by atoms with Crippen molar-refractivity contribution in [2.45, 2.75) is 17.9 Å². The van der Waals surface area contributed by atoms with Gasteiger partial charge in [0.15, 0.2) is 0 Å². The molecule has 1 aliphatic rings. The Labute approximate surface area is 102 Å². The number of aryl methyl sites for hydroxylation is 2. The molecule has 2 rings (SSSR count). The molecule has 7 heteroatoms. The van der Waals surface area contributed by atoms with E-state index in [1.54, 1.807) is 20.2 Å². The van der Waals surface area contributed by atoms with Gasteiger partial charge in [-0.15, -0.1) is 0 Å². The predicted octanol–water partition coefficient (Wildman–Crippen LogP) is -0.337. The Balaban J connectivity index is 2.19. The number of sulfonamides is 1. The van der Waals surface area contributed by atoms with Gasteiger partial charge in [0.1, 0.15) is 4.90 Å². The third-order valence-electron chi connectivity index (χ3n) is 3.15. The molecule has 0 spiro atoms. The van der Waals surface area contributed by atoms with Crippen LogP contribution >= 0.6 is 0 Å². The quantitative estimate of drug-likeness (QED) is 0.744. The molecule has 0 atom stereocenters. The first-order chi connectivity index (χ1) is 7.82. The monoisotopic (exact) mass is 258 g/mol. The van der Waals surface area contributed by atoms with E-state index in [4.69, 9.17) is 0 Å². The van der Waals surface area contributed by atoms with Gasteiger partial charge in [-0.3, -0.25) is 4.68 Å². The van der Waals surface area contributed by atoms with Crippen LogP contribution in [0.1, 0.15) is 5.69 Å². The molecule has 0 radical (unpaired) electrons. The predicted molar refractivity (Wildman–Crippen MR) is 64.2 cm³/mol. The first-order valence-electron chi connectivity index (χ1n) is 5.49. The standard InChI is InChI=1S/C10H18N4O2S/c1-8-10(7-13(4)11-8)17(15,16)14-5-9(6-14)12(2)3/h7,9H,5-6H2,1-4H3. The first kappa shape index (κ1) is 12.5. The Hall–Kier alpha value is -0.920. The molecular weight excluding hydrogens is 240 g/mol. The van der Waals surface area contributed by atoms with Gasteiger partial charge < -0.3 is 4.90 Å². The maximum absolute atomic E-state index is 12.3. The fourth-order valence-electron chi connectivity index (χ4n) is 1.91. The molecule has 2 heterocycles. The molecule has 1 fully saturated rings. The van der Waals surface area contributed by atoms with Crippen LogP contribution in [0.25, 0.3) is 0 Å². The molecule has 1 aliphatic heterocycles. The number of aromatic nitrogens is 2. The highest BCUT2D eigenvalue weighted by Gasteiger charge is 2.38. The van der Waals surface area contributed by atoms with E-state index in [0.717, 1.165) is 0 Å². The van der Waals surface area contributed by atoms with Crippen molar-refractivity contribution in [3.8, 4) is 0 Å². The first-order valence-corrected chi connectivity index (χ1v) is 6.93. The average molecular weight is 258 g/mol. The van der Waals surface area contributed by atoms with Gasteiger partial charge in [-0.1, -0.05) is 0 Å². The molecule has 0 aromatic carbocycles. The zero-order valence-corrected chi connectivity index (χ0v) is 11.4. The lowest BCUT2D eigenvalue weighted by atomic mass is 10.2. The molecule has 1 aromatic rings. The van der Waals surface area contributed by atoms with Crippen LogP contribution in [0.4, 0.5) is 0 Å². The number of hydrogen-bond acceptors (Lipinski definition) is 4. The second kappa shape index (κ2) is 4.08. The Morgan fingerprint density at radius 2 is 2.00 bits per heavy atom. The van der Waals surface area contributed by atoms with Gasteiger partial charge in [-0.05, 0) is 21.0 Å². The minimum atomic E-state index is -3.36. The van der Waals surface area contributed by atoms with Gasteiger partial charge in [0.25, 0.3) is 0 Å². The highest BCUT2D eigenvalue weighted by Crippen LogP contribution is 2.24. The van der Waals surface area contributed by atoms with E-state index in [1.807, 2.05) is 19.0 Å². The summed E-state index contributed by atoms with van der Waals surface area (Å²) in [7, 11) is 2.30. The zero-order chi connectivity index (χ0) is 12.8. The minimum Gasteiger partial charge on any atom is -0.304 e. The van der Waals surface area contributed by atoms with Gasteiger partial charge in [0, 0.05) is 32.4 Å². The largest absolute Gasteiger partial charge is 0.304 e. The summed E-state index contributed by atoms with van der Waals surface area (Å²) in [6.07, 6.45) is 1.56. The van der Waals surface area contributed by atoms with Crippen molar-refractivity contribution in [2.75, 3.05) is 27.2 Å². The van der Waals surface area contributed by atoms with E-state index >= 15 is 0 Å². The lowest BCUT2D eigenvalue weighted by Gasteiger charge is -2.41. The van der Waals surface area contributed by atoms with Crippen LogP contribution in [0.15, 0.2) is 11.1 Å². The fourth-order valence-corrected chi connectivity index (χ4v) is 3.62. The van der Waals surface area contributed by atoms with E-state index in [0.29, 0.717) is 29.7 Å². The van der Waals surface area contributed by atoms with Crippen molar-refractivity contribution in [1.29, 1.82) is 0 Å². The Morgan fingerprint density at radius 3 is 2.41 bits per heavy atom. The molecule has 17 heavy (non-hydrogen) atoms. The average Bonchev–Trinajstić information content (AvgIpc) is 2.41. The number of rotatable bonds is 3. The summed E-state index contributed by atoms with van der Waals surface area (Å²) in [5.41, 5.74) is 0.556. The third-order valence-corrected chi connectivity index (χ3v) is 5.08. The zero-order valence-electron chi connectivity index (χ0n) is 10.6. The molecule has 0 amide bonds. The normalized spacial score (nSPS) is 18.6. The van der Waals surface area contributed by atoms with Crippen LogP contribution in [-0.2, 0) is 17.1 Å². The van der Waals surface area contributed by atoms with Crippen LogP contribution in [0.3, 0.4) is 0 Å². The van der Waals surface area contributed by atoms with Gasteiger partial charge >= 0.3 is 0 Å². The second-order valence-corrected chi connectivity index (χ2v) is 6.60. The van der Waals surface area contributed by atoms with E-state index < -0.39 is 10.0 Å². The molecule has 6 nitrogen and oxygen atoms in total. The molecule has 1 saturated heterocycles. The third kappa shape index (κ3) is 2.10. The molecular formula is C10H18N4O2S. The van der Waals surface area contributed by atoms with Crippen LogP contribution in [0.2, 0.25) is 0 Å². The fraction of sp³-hybridized carbons (Fsp3) is 0.700. The summed E-state index contributed by atoms with van der Waals surface area (Å²) in [6, 6.07) is 0.321. The summed E-state index contributed by atoms with van der Waals surface area (Å²) >= 11 is 0. The summed E-state index contributed by atoms with van der Waals surface area (Å²) in [5.74, 6) is 0. The van der Waals surface area contributed by atoms with Crippen molar-refractivity contribution in [3.05, 3.63) is 11.9 Å². The van der Waals surface area contributed by atoms with Crippen LogP contribution in [0, 0.1) is 6.92 Å². The molecule has 0 saturated carbocycles. The van der Waals surface area contributed by atoms with Crippen molar-refractivity contribution >= 4 is 10.0 Å². The smallest absolute Gasteiger partial charge is 0.246 e. The Morgan fingerprint density at radius 1 is 1.41 bits per heavy atom. The summed E-state index contributed by atoms with van der Waals surface area (Å²) < 4.78 is 27.6. The van der Waals surface area contributed by atoms with Crippen LogP contribution in [-0.4, -0.2) is 60.6 Å². The van der Waals surface area contributed by atoms with Crippen molar-refractivity contribution < 1.29 is 8.42 Å². The lowest BCUT2D eigenvalue weighted by molar-refractivity contribution is 0.134. The number of nitrogens with zero attached hydrogens (tertiary/aromatic N) is 4. The Bertz CT molecular complexity index is 514. The second-order valence-electron chi connectivity index (χ2n) is 4.69. The maximum Gasteiger partial charge on any atom is 0.246 e. The van der Waals surface area contributed by atoms with Gasteiger partial charge in [-0.25, -0.2) is 8.42 Å². The Kier molecular flexibility index (Phi) is 3.01. The van der Waals surface area contributed by atoms with E-state index in [-0.39, 0.29) is 0 Å². The molecule has 0 N–H and O–H groups in total. The molecule has 0 aliphatic carbocycles. The van der Waals surface area contributed by atoms with Gasteiger partial charge in [0.05, 0.1) is 5.69 Å². The van der Waals surface area contributed by atoms with E-state index in [1.165, 1.54) is 8.99 Å². The van der Waals surface area contributed by atoms with Gasteiger partial charge in [0.2, 0.25) is 10.0 Å². The minimum absolute atomic E-state index is 0.317. The summed E-state index contributed by atoms with van der Waals surface area (Å²) in [5, 5.41) is 4.07. The van der Waals surface area contributed by atoms with Crippen molar-refractivity contribution in [3.63, 3.8) is 0 Å². The van der Waals surface area contributed by atoms with Crippen molar-refractivity contribution in [1.82, 2.24) is 19.0 Å². The maximum atomic E-state index is 12.3. The lowest BCUT2D eigenvalue weighted by Crippen LogP contribution is -2.59. The van der Waals surface area contributed by atoms with Crippen LogP contribution < -0.4 is 0 Å². The number of hydrogen-bond donors (Lipinski definition) is 0.